The molecular weight excluding hydrogens is 264 g/mol. The normalized spacial score (nSPS) is 10.0. The van der Waals surface area contributed by atoms with Crippen molar-refractivity contribution in [3.05, 3.63) is 22.5 Å². The fourth-order valence-corrected chi connectivity index (χ4v) is 1.80. The Morgan fingerprint density at radius 2 is 1.90 bits per heavy atom. The Kier molecular flexibility index (Phi) is 5.31. The molecule has 0 bridgehead atoms. The van der Waals surface area contributed by atoms with Crippen molar-refractivity contribution >= 4 is 17.8 Å². The van der Waals surface area contributed by atoms with Crippen LogP contribution in [0.1, 0.15) is 39.0 Å². The molecule has 0 fully saturated rings. The van der Waals surface area contributed by atoms with Crippen molar-refractivity contribution in [3.63, 3.8) is 0 Å². The van der Waals surface area contributed by atoms with Gasteiger partial charge in [0.1, 0.15) is 12.2 Å². The number of esters is 2. The third kappa shape index (κ3) is 3.37. The van der Waals surface area contributed by atoms with Crippen molar-refractivity contribution < 1.29 is 23.9 Å². The highest BCUT2D eigenvalue weighted by Crippen LogP contribution is 2.18. The summed E-state index contributed by atoms with van der Waals surface area (Å²) in [5.74, 6) is -1.51. The molecule has 110 valence electrons. The van der Waals surface area contributed by atoms with Gasteiger partial charge in [-0.25, -0.2) is 4.79 Å². The summed E-state index contributed by atoms with van der Waals surface area (Å²) >= 11 is 0. The number of methoxy groups -OCH3 is 1. The van der Waals surface area contributed by atoms with Gasteiger partial charge in [-0.3, -0.25) is 9.59 Å². The van der Waals surface area contributed by atoms with E-state index in [4.69, 9.17) is 4.74 Å². The largest absolute Gasteiger partial charge is 0.468 e. The van der Waals surface area contributed by atoms with Gasteiger partial charge in [0.15, 0.2) is 0 Å². The Morgan fingerprint density at radius 3 is 2.45 bits per heavy atom. The van der Waals surface area contributed by atoms with E-state index >= 15 is 0 Å². The summed E-state index contributed by atoms with van der Waals surface area (Å²) < 4.78 is 9.36. The Bertz CT molecular complexity index is 533. The number of rotatable bonds is 5. The summed E-state index contributed by atoms with van der Waals surface area (Å²) in [6, 6.07) is 0. The number of carbonyl (C=O) groups is 3. The fraction of sp³-hybridized carbons (Fsp3) is 0.462. The van der Waals surface area contributed by atoms with Gasteiger partial charge >= 0.3 is 11.9 Å². The van der Waals surface area contributed by atoms with Crippen LogP contribution in [0.4, 0.5) is 0 Å². The average molecular weight is 282 g/mol. The summed E-state index contributed by atoms with van der Waals surface area (Å²) in [6.07, 6.45) is 0. The Hall–Kier alpha value is -2.31. The van der Waals surface area contributed by atoms with Crippen LogP contribution in [0.3, 0.4) is 0 Å². The van der Waals surface area contributed by atoms with Gasteiger partial charge in [-0.15, -0.1) is 0 Å². The van der Waals surface area contributed by atoms with E-state index in [-0.39, 0.29) is 18.8 Å². The van der Waals surface area contributed by atoms with Gasteiger partial charge in [0.25, 0.3) is 5.91 Å². The molecule has 0 radical (unpaired) electrons. The molecule has 0 aliphatic heterocycles. The second-order valence-corrected chi connectivity index (χ2v) is 4.10. The molecule has 1 rings (SSSR count). The van der Waals surface area contributed by atoms with Crippen LogP contribution in [-0.4, -0.2) is 43.1 Å². The molecule has 0 aliphatic rings. The number of hydrogen-bond donors (Lipinski definition) is 2. The Balaban J connectivity index is 2.92. The monoisotopic (exact) mass is 282 g/mol. The molecule has 0 spiro atoms. The van der Waals surface area contributed by atoms with Crippen LogP contribution in [0, 0.1) is 13.8 Å². The first kappa shape index (κ1) is 15.7. The molecule has 7 heteroatoms. The first-order valence-electron chi connectivity index (χ1n) is 6.13. The molecule has 20 heavy (non-hydrogen) atoms. The number of hydrogen-bond acceptors (Lipinski definition) is 5. The van der Waals surface area contributed by atoms with Crippen LogP contribution in [0.25, 0.3) is 0 Å². The average Bonchev–Trinajstić information content (AvgIpc) is 2.71. The number of amides is 1. The van der Waals surface area contributed by atoms with E-state index < -0.39 is 17.8 Å². The van der Waals surface area contributed by atoms with Crippen molar-refractivity contribution in [2.45, 2.75) is 20.8 Å². The Labute approximate surface area is 116 Å². The first-order chi connectivity index (χ1) is 9.42. The van der Waals surface area contributed by atoms with Crippen LogP contribution in [-0.2, 0) is 14.3 Å². The minimum atomic E-state index is -0.551. The summed E-state index contributed by atoms with van der Waals surface area (Å²) in [7, 11) is 1.23. The number of carbonyl (C=O) groups excluding carboxylic acids is 3. The molecule has 0 aromatic carbocycles. The predicted octanol–water partition coefficient (Wildman–Crippen LogP) is 0.711. The minimum Gasteiger partial charge on any atom is -0.468 e. The first-order valence-corrected chi connectivity index (χ1v) is 6.13. The zero-order valence-corrected chi connectivity index (χ0v) is 12.0. The van der Waals surface area contributed by atoms with E-state index in [0.29, 0.717) is 16.8 Å². The maximum Gasteiger partial charge on any atom is 0.340 e. The summed E-state index contributed by atoms with van der Waals surface area (Å²) in [5, 5.41) is 2.41. The third-order valence-electron chi connectivity index (χ3n) is 2.77. The number of H-pyrrole nitrogens is 1. The minimum absolute atomic E-state index is 0.231. The zero-order valence-electron chi connectivity index (χ0n) is 12.0. The number of nitrogens with one attached hydrogen (secondary N) is 2. The molecule has 1 amide bonds. The molecule has 0 saturated carbocycles. The van der Waals surface area contributed by atoms with Crippen LogP contribution < -0.4 is 5.32 Å². The van der Waals surface area contributed by atoms with Crippen LogP contribution in [0.5, 0.6) is 0 Å². The fourth-order valence-electron chi connectivity index (χ4n) is 1.80. The van der Waals surface area contributed by atoms with Crippen molar-refractivity contribution in [2.75, 3.05) is 20.3 Å². The van der Waals surface area contributed by atoms with E-state index in [1.807, 2.05) is 0 Å². The maximum atomic E-state index is 11.9. The van der Waals surface area contributed by atoms with Crippen molar-refractivity contribution in [2.24, 2.45) is 0 Å². The molecule has 1 aromatic heterocycles. The molecule has 0 atom stereocenters. The quantitative estimate of drug-likeness (QED) is 0.775. The molecule has 0 aliphatic carbocycles. The number of ether oxygens (including phenoxy) is 2. The molecule has 0 saturated heterocycles. The van der Waals surface area contributed by atoms with E-state index in [0.717, 1.165) is 0 Å². The van der Waals surface area contributed by atoms with Gasteiger partial charge in [-0.2, -0.15) is 0 Å². The number of aromatic nitrogens is 1. The number of aryl methyl sites for hydroxylation is 1. The molecule has 1 heterocycles. The lowest BCUT2D eigenvalue weighted by molar-refractivity contribution is -0.139. The second kappa shape index (κ2) is 6.74. The highest BCUT2D eigenvalue weighted by Gasteiger charge is 2.22. The Morgan fingerprint density at radius 1 is 1.25 bits per heavy atom. The lowest BCUT2D eigenvalue weighted by Crippen LogP contribution is -2.30. The molecule has 7 nitrogen and oxygen atoms in total. The maximum absolute atomic E-state index is 11.9. The lowest BCUT2D eigenvalue weighted by atomic mass is 10.1. The second-order valence-electron chi connectivity index (χ2n) is 4.10. The van der Waals surface area contributed by atoms with E-state index in [2.05, 4.69) is 15.0 Å². The van der Waals surface area contributed by atoms with Crippen molar-refractivity contribution in [3.8, 4) is 0 Å². The van der Waals surface area contributed by atoms with Crippen molar-refractivity contribution in [1.29, 1.82) is 0 Å². The molecule has 1 aromatic rings. The smallest absolute Gasteiger partial charge is 0.340 e. The van der Waals surface area contributed by atoms with E-state index in [1.165, 1.54) is 7.11 Å². The third-order valence-corrected chi connectivity index (χ3v) is 2.77. The van der Waals surface area contributed by atoms with Gasteiger partial charge in [-0.1, -0.05) is 0 Å². The summed E-state index contributed by atoms with van der Waals surface area (Å²) in [6.45, 7) is 5.05. The van der Waals surface area contributed by atoms with Crippen LogP contribution in [0.2, 0.25) is 0 Å². The SMILES string of the molecule is CCOC(=O)c1c(C)[nH]c(C(=O)NCC(=O)OC)c1C. The predicted molar refractivity (Wildman–Crippen MR) is 70.6 cm³/mol. The van der Waals surface area contributed by atoms with Gasteiger partial charge < -0.3 is 19.8 Å². The van der Waals surface area contributed by atoms with E-state index in [9.17, 15) is 14.4 Å². The highest BCUT2D eigenvalue weighted by atomic mass is 16.5. The number of aromatic amines is 1. The molecular formula is C13H18N2O5. The van der Waals surface area contributed by atoms with Gasteiger partial charge in [0.05, 0.1) is 19.3 Å². The van der Waals surface area contributed by atoms with E-state index in [1.54, 1.807) is 20.8 Å². The van der Waals surface area contributed by atoms with Gasteiger partial charge in [-0.05, 0) is 26.3 Å². The molecule has 0 unspecified atom stereocenters. The molecule has 2 N–H and O–H groups in total. The van der Waals surface area contributed by atoms with Crippen LogP contribution in [0.15, 0.2) is 0 Å². The summed E-state index contributed by atoms with van der Waals surface area (Å²) in [5.41, 5.74) is 1.61. The topological polar surface area (TPSA) is 97.5 Å². The lowest BCUT2D eigenvalue weighted by Gasteiger charge is -2.04. The summed E-state index contributed by atoms with van der Waals surface area (Å²) in [4.78, 5) is 37.5. The standard InChI is InChI=1S/C13H18N2O5/c1-5-20-13(18)10-7(2)11(15-8(10)3)12(17)14-6-9(16)19-4/h15H,5-6H2,1-4H3,(H,14,17). The zero-order chi connectivity index (χ0) is 15.3. The highest BCUT2D eigenvalue weighted by molar-refractivity contribution is 6.01. The van der Waals surface area contributed by atoms with Gasteiger partial charge in [0, 0.05) is 5.69 Å². The van der Waals surface area contributed by atoms with Gasteiger partial charge in [0.2, 0.25) is 0 Å². The van der Waals surface area contributed by atoms with Crippen molar-refractivity contribution in [1.82, 2.24) is 10.3 Å². The van der Waals surface area contributed by atoms with Crippen LogP contribution >= 0.6 is 0 Å².